The lowest BCUT2D eigenvalue weighted by atomic mass is 9.88. The Morgan fingerprint density at radius 1 is 1.29 bits per heavy atom. The zero-order valence-electron chi connectivity index (χ0n) is 13.8. The van der Waals surface area contributed by atoms with Crippen molar-refractivity contribution in [3.63, 3.8) is 0 Å². The van der Waals surface area contributed by atoms with E-state index in [1.807, 2.05) is 31.3 Å². The SMILES string of the molecule is CCN(C)c1ccc(C(=O)NC(CO)CC(C)(C)C)cc1. The van der Waals surface area contributed by atoms with Crippen LogP contribution in [0.15, 0.2) is 24.3 Å². The minimum absolute atomic E-state index is 0.0420. The highest BCUT2D eigenvalue weighted by Gasteiger charge is 2.20. The molecule has 1 rings (SSSR count). The quantitative estimate of drug-likeness (QED) is 0.847. The fourth-order valence-corrected chi connectivity index (χ4v) is 2.22. The molecule has 2 N–H and O–H groups in total. The molecule has 1 aromatic rings. The number of carbonyl (C=O) groups is 1. The van der Waals surface area contributed by atoms with E-state index in [2.05, 4.69) is 37.9 Å². The average Bonchev–Trinajstić information content (AvgIpc) is 2.44. The van der Waals surface area contributed by atoms with E-state index in [-0.39, 0.29) is 24.0 Å². The van der Waals surface area contributed by atoms with Crippen LogP contribution in [0.5, 0.6) is 0 Å². The molecular formula is C17H28N2O2. The molecule has 0 saturated carbocycles. The number of aliphatic hydroxyl groups excluding tert-OH is 1. The fourth-order valence-electron chi connectivity index (χ4n) is 2.22. The standard InChI is InChI=1S/C17H28N2O2/c1-6-19(5)15-9-7-13(8-10-15)16(21)18-14(12-20)11-17(2,3)4/h7-10,14,20H,6,11-12H2,1-5H3,(H,18,21). The highest BCUT2D eigenvalue weighted by Crippen LogP contribution is 2.21. The first kappa shape index (κ1) is 17.5. The van der Waals surface area contributed by atoms with E-state index < -0.39 is 0 Å². The Bertz CT molecular complexity index is 449. The second kappa shape index (κ2) is 7.46. The molecule has 4 heteroatoms. The molecule has 0 aliphatic heterocycles. The summed E-state index contributed by atoms with van der Waals surface area (Å²) >= 11 is 0. The molecule has 0 saturated heterocycles. The van der Waals surface area contributed by atoms with Crippen molar-refractivity contribution in [3.05, 3.63) is 29.8 Å². The Hall–Kier alpha value is -1.55. The van der Waals surface area contributed by atoms with Crippen molar-refractivity contribution in [2.75, 3.05) is 25.1 Å². The highest BCUT2D eigenvalue weighted by molar-refractivity contribution is 5.94. The van der Waals surface area contributed by atoms with Crippen molar-refractivity contribution in [1.82, 2.24) is 5.32 Å². The Balaban J connectivity index is 2.70. The van der Waals surface area contributed by atoms with Gasteiger partial charge in [-0.1, -0.05) is 20.8 Å². The third kappa shape index (κ3) is 5.76. The summed E-state index contributed by atoms with van der Waals surface area (Å²) in [5.41, 5.74) is 1.77. The zero-order valence-corrected chi connectivity index (χ0v) is 13.8. The van der Waals surface area contributed by atoms with Crippen LogP contribution in [0.1, 0.15) is 44.5 Å². The van der Waals surface area contributed by atoms with Gasteiger partial charge in [0.2, 0.25) is 0 Å². The van der Waals surface area contributed by atoms with Gasteiger partial charge in [0.25, 0.3) is 5.91 Å². The third-order valence-electron chi connectivity index (χ3n) is 3.46. The molecule has 1 atom stereocenters. The van der Waals surface area contributed by atoms with Crippen molar-refractivity contribution >= 4 is 11.6 Å². The molecule has 0 aliphatic carbocycles. The number of amides is 1. The maximum absolute atomic E-state index is 12.2. The molecule has 0 aromatic heterocycles. The summed E-state index contributed by atoms with van der Waals surface area (Å²) < 4.78 is 0. The summed E-state index contributed by atoms with van der Waals surface area (Å²) in [6.45, 7) is 9.24. The van der Waals surface area contributed by atoms with E-state index in [9.17, 15) is 9.90 Å². The second-order valence-electron chi connectivity index (χ2n) is 6.68. The summed E-state index contributed by atoms with van der Waals surface area (Å²) in [7, 11) is 2.01. The Morgan fingerprint density at radius 2 is 1.86 bits per heavy atom. The van der Waals surface area contributed by atoms with Crippen molar-refractivity contribution < 1.29 is 9.90 Å². The number of aliphatic hydroxyl groups is 1. The van der Waals surface area contributed by atoms with Gasteiger partial charge in [0.05, 0.1) is 12.6 Å². The maximum Gasteiger partial charge on any atom is 0.251 e. The summed E-state index contributed by atoms with van der Waals surface area (Å²) in [5, 5.41) is 12.3. The first-order valence-corrected chi connectivity index (χ1v) is 7.49. The molecule has 4 nitrogen and oxygen atoms in total. The summed E-state index contributed by atoms with van der Waals surface area (Å²) in [6, 6.07) is 7.31. The van der Waals surface area contributed by atoms with Gasteiger partial charge in [-0.25, -0.2) is 0 Å². The van der Waals surface area contributed by atoms with Crippen molar-refractivity contribution in [2.45, 2.75) is 40.2 Å². The number of hydrogen-bond donors (Lipinski definition) is 2. The van der Waals surface area contributed by atoms with Crippen molar-refractivity contribution in [2.24, 2.45) is 5.41 Å². The number of nitrogens with one attached hydrogen (secondary N) is 1. The number of carbonyl (C=O) groups excluding carboxylic acids is 1. The third-order valence-corrected chi connectivity index (χ3v) is 3.46. The van der Waals surface area contributed by atoms with E-state index in [4.69, 9.17) is 0 Å². The van der Waals surface area contributed by atoms with Gasteiger partial charge in [-0.3, -0.25) is 4.79 Å². The van der Waals surface area contributed by atoms with Gasteiger partial charge in [0.1, 0.15) is 0 Å². The monoisotopic (exact) mass is 292 g/mol. The van der Waals surface area contributed by atoms with Gasteiger partial charge < -0.3 is 15.3 Å². The largest absolute Gasteiger partial charge is 0.394 e. The molecule has 0 spiro atoms. The van der Waals surface area contributed by atoms with E-state index >= 15 is 0 Å². The van der Waals surface area contributed by atoms with Crippen LogP contribution in [0, 0.1) is 5.41 Å². The number of nitrogens with zero attached hydrogens (tertiary/aromatic N) is 1. The average molecular weight is 292 g/mol. The predicted molar refractivity (Wildman–Crippen MR) is 87.8 cm³/mol. The molecule has 1 amide bonds. The van der Waals surface area contributed by atoms with Crippen LogP contribution in [-0.4, -0.2) is 37.3 Å². The van der Waals surface area contributed by atoms with Gasteiger partial charge in [-0.05, 0) is 43.0 Å². The molecule has 0 bridgehead atoms. The van der Waals surface area contributed by atoms with Crippen molar-refractivity contribution in [1.29, 1.82) is 0 Å². The Kier molecular flexibility index (Phi) is 6.21. The van der Waals surface area contributed by atoms with Gasteiger partial charge in [0.15, 0.2) is 0 Å². The number of rotatable bonds is 6. The second-order valence-corrected chi connectivity index (χ2v) is 6.68. The first-order valence-electron chi connectivity index (χ1n) is 7.49. The molecule has 0 fully saturated rings. The number of hydrogen-bond acceptors (Lipinski definition) is 3. The van der Waals surface area contributed by atoms with Crippen molar-refractivity contribution in [3.8, 4) is 0 Å². The van der Waals surface area contributed by atoms with Crippen LogP contribution in [0.2, 0.25) is 0 Å². The van der Waals surface area contributed by atoms with Crippen LogP contribution < -0.4 is 10.2 Å². The van der Waals surface area contributed by atoms with Crippen LogP contribution in [0.3, 0.4) is 0 Å². The molecule has 0 radical (unpaired) electrons. The molecule has 1 aromatic carbocycles. The smallest absolute Gasteiger partial charge is 0.251 e. The molecule has 21 heavy (non-hydrogen) atoms. The van der Waals surface area contributed by atoms with Gasteiger partial charge in [-0.15, -0.1) is 0 Å². The lowest BCUT2D eigenvalue weighted by Crippen LogP contribution is -2.40. The molecule has 118 valence electrons. The van der Waals surface area contributed by atoms with E-state index in [1.165, 1.54) is 0 Å². The normalized spacial score (nSPS) is 12.9. The zero-order chi connectivity index (χ0) is 16.0. The maximum atomic E-state index is 12.2. The molecule has 0 aliphatic rings. The Labute approximate surface area is 128 Å². The number of anilines is 1. The summed E-state index contributed by atoms with van der Waals surface area (Å²) in [4.78, 5) is 14.3. The van der Waals surface area contributed by atoms with Crippen LogP contribution >= 0.6 is 0 Å². The van der Waals surface area contributed by atoms with Gasteiger partial charge in [0, 0.05) is 24.8 Å². The molecular weight excluding hydrogens is 264 g/mol. The van der Waals surface area contributed by atoms with E-state index in [1.54, 1.807) is 0 Å². The minimum Gasteiger partial charge on any atom is -0.394 e. The van der Waals surface area contributed by atoms with Gasteiger partial charge >= 0.3 is 0 Å². The van der Waals surface area contributed by atoms with E-state index in [0.717, 1.165) is 18.7 Å². The topological polar surface area (TPSA) is 52.6 Å². The van der Waals surface area contributed by atoms with E-state index in [0.29, 0.717) is 5.56 Å². The van der Waals surface area contributed by atoms with Crippen LogP contribution in [0.4, 0.5) is 5.69 Å². The lowest BCUT2D eigenvalue weighted by molar-refractivity contribution is 0.0897. The summed E-state index contributed by atoms with van der Waals surface area (Å²) in [5.74, 6) is -0.135. The molecule has 1 unspecified atom stereocenters. The van der Waals surface area contributed by atoms with Gasteiger partial charge in [-0.2, -0.15) is 0 Å². The Morgan fingerprint density at radius 3 is 2.29 bits per heavy atom. The van der Waals surface area contributed by atoms with Crippen LogP contribution in [-0.2, 0) is 0 Å². The highest BCUT2D eigenvalue weighted by atomic mass is 16.3. The first-order chi connectivity index (χ1) is 9.76. The lowest BCUT2D eigenvalue weighted by Gasteiger charge is -2.25. The molecule has 0 heterocycles. The fraction of sp³-hybridized carbons (Fsp3) is 0.588. The summed E-state index contributed by atoms with van der Waals surface area (Å²) in [6.07, 6.45) is 0.742. The van der Waals surface area contributed by atoms with Crippen LogP contribution in [0.25, 0.3) is 0 Å². The predicted octanol–water partition coefficient (Wildman–Crippen LogP) is 2.67. The number of benzene rings is 1. The minimum atomic E-state index is -0.213.